The maximum Gasteiger partial charge on any atom is 0.240 e. The highest BCUT2D eigenvalue weighted by atomic mass is 16.5. The molecule has 1 amide bonds. The van der Waals surface area contributed by atoms with Crippen molar-refractivity contribution in [3.05, 3.63) is 66.4 Å². The topological polar surface area (TPSA) is 138 Å². The first-order valence-electron chi connectivity index (χ1n) is 15.9. The van der Waals surface area contributed by atoms with Gasteiger partial charge in [-0.2, -0.15) is 0 Å². The molecular weight excluding hydrogens is 552 g/mol. The Balaban J connectivity index is 1.02. The lowest BCUT2D eigenvalue weighted by Gasteiger charge is -2.32. The number of imidazole rings is 2. The third-order valence-electron chi connectivity index (χ3n) is 9.71. The molecule has 0 bridgehead atoms. The molecule has 44 heavy (non-hydrogen) atoms. The molecule has 10 heteroatoms. The largest absolute Gasteiger partial charge is 0.381 e. The highest BCUT2D eigenvalue weighted by Crippen LogP contribution is 2.34. The van der Waals surface area contributed by atoms with Crippen molar-refractivity contribution in [2.45, 2.75) is 56.7 Å². The third-order valence-corrected chi connectivity index (χ3v) is 9.71. The molecule has 3 aromatic heterocycles. The monoisotopic (exact) mass is 590 g/mol. The van der Waals surface area contributed by atoms with Gasteiger partial charge in [-0.25, -0.2) is 15.0 Å². The molecule has 8 rings (SSSR count). The Morgan fingerprint density at radius 2 is 1.73 bits per heavy atom. The van der Waals surface area contributed by atoms with Gasteiger partial charge in [0.25, 0.3) is 0 Å². The fourth-order valence-corrected chi connectivity index (χ4v) is 7.16. The number of nitrogens with two attached hydrogens (primary N) is 1. The van der Waals surface area contributed by atoms with E-state index in [0.29, 0.717) is 31.4 Å². The maximum atomic E-state index is 13.4. The quantitative estimate of drug-likeness (QED) is 0.218. The van der Waals surface area contributed by atoms with Gasteiger partial charge in [0.1, 0.15) is 11.6 Å². The van der Waals surface area contributed by atoms with Crippen molar-refractivity contribution in [2.24, 2.45) is 11.7 Å². The van der Waals surface area contributed by atoms with Crippen molar-refractivity contribution >= 4 is 27.8 Å². The first kappa shape index (κ1) is 27.4. The summed E-state index contributed by atoms with van der Waals surface area (Å²) < 4.78 is 5.47. The van der Waals surface area contributed by atoms with Crippen molar-refractivity contribution < 1.29 is 9.53 Å². The normalized spacial score (nSPS) is 21.9. The Labute approximate surface area is 255 Å². The van der Waals surface area contributed by atoms with E-state index in [1.807, 2.05) is 23.2 Å². The number of hydrogen-bond donors (Lipinski definition) is 4. The van der Waals surface area contributed by atoms with Crippen molar-refractivity contribution in [1.82, 2.24) is 35.1 Å². The predicted octanol–water partition coefficient (Wildman–Crippen LogP) is 5.01. The number of nitrogens with one attached hydrogen (secondary N) is 3. The van der Waals surface area contributed by atoms with Gasteiger partial charge in [0, 0.05) is 30.9 Å². The van der Waals surface area contributed by atoms with Crippen LogP contribution < -0.4 is 11.1 Å². The van der Waals surface area contributed by atoms with E-state index in [2.05, 4.69) is 56.7 Å². The summed E-state index contributed by atoms with van der Waals surface area (Å²) in [6.45, 7) is 3.10. The highest BCUT2D eigenvalue weighted by Gasteiger charge is 2.37. The van der Waals surface area contributed by atoms with Crippen LogP contribution in [0.4, 0.5) is 0 Å². The zero-order valence-electron chi connectivity index (χ0n) is 24.8. The van der Waals surface area contributed by atoms with Crippen LogP contribution in [0.5, 0.6) is 0 Å². The fraction of sp³-hybridized carbons (Fsp3) is 0.412. The number of hydrogen-bond acceptors (Lipinski definition) is 7. The Morgan fingerprint density at radius 1 is 0.909 bits per heavy atom. The minimum Gasteiger partial charge on any atom is -0.381 e. The molecule has 5 aromatic rings. The van der Waals surface area contributed by atoms with E-state index >= 15 is 0 Å². The third kappa shape index (κ3) is 5.06. The van der Waals surface area contributed by atoms with Crippen LogP contribution in [0, 0.1) is 5.92 Å². The van der Waals surface area contributed by atoms with E-state index in [9.17, 15) is 4.79 Å². The molecule has 0 radical (unpaired) electrons. The highest BCUT2D eigenvalue weighted by molar-refractivity contribution is 5.90. The number of carbonyl (C=O) groups is 1. The lowest BCUT2D eigenvalue weighted by molar-refractivity contribution is -0.135. The van der Waals surface area contributed by atoms with Gasteiger partial charge in [0.05, 0.1) is 41.2 Å². The molecule has 3 atom stereocenters. The standard InChI is InChI=1S/C34H38N8O2/c35-30(20-11-15-44-16-12-20)34(43)42-14-2-4-29(42)33-39-27-10-9-25(38-32(27)41-33)23-7-5-22-18-24(8-6-21(22)17-23)28-19-37-31(40-28)26-3-1-13-36-26/h5-10,17-20,26,29-30,36H,1-4,11-16,35H2,(H,37,40)(H,38,39,41)/t26-,29-,30-/m0/s1. The van der Waals surface area contributed by atoms with Gasteiger partial charge in [0.2, 0.25) is 5.91 Å². The molecule has 0 saturated carbocycles. The molecule has 10 nitrogen and oxygen atoms in total. The average molecular weight is 591 g/mol. The van der Waals surface area contributed by atoms with Gasteiger partial charge in [-0.3, -0.25) is 4.79 Å². The lowest BCUT2D eigenvalue weighted by Crippen LogP contribution is -2.48. The van der Waals surface area contributed by atoms with Gasteiger partial charge >= 0.3 is 0 Å². The number of pyridine rings is 1. The van der Waals surface area contributed by atoms with Crippen LogP contribution in [0.25, 0.3) is 44.5 Å². The van der Waals surface area contributed by atoms with E-state index in [0.717, 1.165) is 89.1 Å². The number of amides is 1. The number of ether oxygens (including phenoxy) is 1. The summed E-state index contributed by atoms with van der Waals surface area (Å²) in [7, 11) is 0. The van der Waals surface area contributed by atoms with E-state index in [4.69, 9.17) is 20.4 Å². The van der Waals surface area contributed by atoms with E-state index < -0.39 is 6.04 Å². The minimum absolute atomic E-state index is 0.0200. The van der Waals surface area contributed by atoms with Gasteiger partial charge in [-0.15, -0.1) is 0 Å². The Kier molecular flexibility index (Phi) is 7.12. The maximum absolute atomic E-state index is 13.4. The molecule has 226 valence electrons. The van der Waals surface area contributed by atoms with E-state index in [-0.39, 0.29) is 17.9 Å². The molecule has 5 N–H and O–H groups in total. The number of likely N-dealkylation sites (tertiary alicyclic amines) is 1. The van der Waals surface area contributed by atoms with Crippen LogP contribution in [0.1, 0.15) is 62.3 Å². The number of carbonyl (C=O) groups excluding carboxylic acids is 1. The number of H-pyrrole nitrogens is 2. The van der Waals surface area contributed by atoms with E-state index in [1.165, 1.54) is 6.42 Å². The second-order valence-electron chi connectivity index (χ2n) is 12.5. The Hall–Kier alpha value is -4.12. The van der Waals surface area contributed by atoms with Crippen molar-refractivity contribution in [3.8, 4) is 22.5 Å². The van der Waals surface area contributed by atoms with Crippen LogP contribution in [0.15, 0.2) is 54.7 Å². The number of benzene rings is 2. The molecule has 3 aliphatic heterocycles. The number of rotatable bonds is 6. The van der Waals surface area contributed by atoms with Crippen LogP contribution in [-0.4, -0.2) is 68.1 Å². The summed E-state index contributed by atoms with van der Waals surface area (Å²) in [4.78, 5) is 36.8. The summed E-state index contributed by atoms with van der Waals surface area (Å²) in [5.41, 5.74) is 12.1. The summed E-state index contributed by atoms with van der Waals surface area (Å²) in [5, 5.41) is 5.82. The smallest absolute Gasteiger partial charge is 0.240 e. The summed E-state index contributed by atoms with van der Waals surface area (Å²) in [6.07, 6.45) is 7.72. The van der Waals surface area contributed by atoms with Gasteiger partial charge < -0.3 is 30.7 Å². The Morgan fingerprint density at radius 3 is 2.55 bits per heavy atom. The van der Waals surface area contributed by atoms with Crippen LogP contribution in [0.2, 0.25) is 0 Å². The fourth-order valence-electron chi connectivity index (χ4n) is 7.16. The molecule has 0 unspecified atom stereocenters. The van der Waals surface area contributed by atoms with Crippen molar-refractivity contribution in [2.75, 3.05) is 26.3 Å². The van der Waals surface area contributed by atoms with Crippen LogP contribution >= 0.6 is 0 Å². The second-order valence-corrected chi connectivity index (χ2v) is 12.5. The summed E-state index contributed by atoms with van der Waals surface area (Å²) in [5.74, 6) is 1.99. The van der Waals surface area contributed by atoms with E-state index in [1.54, 1.807) is 0 Å². The van der Waals surface area contributed by atoms with Crippen LogP contribution in [-0.2, 0) is 9.53 Å². The second kappa shape index (κ2) is 11.4. The number of nitrogens with zero attached hydrogens (tertiary/aromatic N) is 4. The first-order chi connectivity index (χ1) is 21.6. The summed E-state index contributed by atoms with van der Waals surface area (Å²) >= 11 is 0. The molecule has 0 spiro atoms. The molecule has 3 aliphatic rings. The molecule has 6 heterocycles. The average Bonchev–Trinajstić information content (AvgIpc) is 3.90. The zero-order chi connectivity index (χ0) is 29.6. The lowest BCUT2D eigenvalue weighted by atomic mass is 9.91. The first-order valence-corrected chi connectivity index (χ1v) is 15.9. The number of aromatic nitrogens is 5. The number of aromatic amines is 2. The minimum atomic E-state index is -0.497. The Bertz CT molecular complexity index is 1820. The van der Waals surface area contributed by atoms with Crippen molar-refractivity contribution in [3.63, 3.8) is 0 Å². The van der Waals surface area contributed by atoms with Crippen molar-refractivity contribution in [1.29, 1.82) is 0 Å². The van der Waals surface area contributed by atoms with Gasteiger partial charge in [0.15, 0.2) is 5.65 Å². The molecule has 0 aliphatic carbocycles. The number of fused-ring (bicyclic) bond motifs is 2. The molecule has 2 aromatic carbocycles. The molecule has 3 fully saturated rings. The van der Waals surface area contributed by atoms with Gasteiger partial charge in [-0.1, -0.05) is 24.3 Å². The summed E-state index contributed by atoms with van der Waals surface area (Å²) in [6, 6.07) is 16.7. The SMILES string of the molecule is N[C@H](C(=O)N1CCC[C@H]1c1nc2nc(-c3ccc4cc(-c5cnc([C@@H]6CCCN6)[nH]5)ccc4c3)ccc2[nH]1)C1CCOCC1. The zero-order valence-corrected chi connectivity index (χ0v) is 24.8. The van der Waals surface area contributed by atoms with Gasteiger partial charge in [-0.05, 0) is 86.0 Å². The predicted molar refractivity (Wildman–Crippen MR) is 170 cm³/mol. The van der Waals surface area contributed by atoms with Crippen LogP contribution in [0.3, 0.4) is 0 Å². The molecular formula is C34H38N8O2. The molecule has 3 saturated heterocycles.